The van der Waals surface area contributed by atoms with Crippen molar-refractivity contribution >= 4 is 35.6 Å². The van der Waals surface area contributed by atoms with Crippen LogP contribution in [0.1, 0.15) is 58.0 Å². The minimum Gasteiger partial charge on any atom is -0.372 e. The summed E-state index contributed by atoms with van der Waals surface area (Å²) in [5.41, 5.74) is 2.60. The third-order valence-corrected chi connectivity index (χ3v) is 5.28. The van der Waals surface area contributed by atoms with Gasteiger partial charge in [-0.25, -0.2) is 9.98 Å². The first-order valence-electron chi connectivity index (χ1n) is 11.0. The molecule has 30 heavy (non-hydrogen) atoms. The van der Waals surface area contributed by atoms with Crippen LogP contribution in [0.3, 0.4) is 0 Å². The monoisotopic (exact) mass is 524 g/mol. The van der Waals surface area contributed by atoms with E-state index < -0.39 is 0 Å². The summed E-state index contributed by atoms with van der Waals surface area (Å²) in [4.78, 5) is 11.8. The van der Waals surface area contributed by atoms with Gasteiger partial charge in [-0.3, -0.25) is 0 Å². The number of anilines is 1. The number of guanidine groups is 1. The van der Waals surface area contributed by atoms with Crippen LogP contribution < -0.4 is 15.5 Å². The Hall–Kier alpha value is -1.77. The van der Waals surface area contributed by atoms with Crippen LogP contribution >= 0.6 is 24.0 Å². The predicted molar refractivity (Wildman–Crippen MR) is 137 cm³/mol. The zero-order valence-corrected chi connectivity index (χ0v) is 21.1. The minimum absolute atomic E-state index is 0. The second-order valence-electron chi connectivity index (χ2n) is 8.24. The number of nitrogens with one attached hydrogen (secondary N) is 2. The molecule has 3 rings (SSSR count). The van der Waals surface area contributed by atoms with E-state index in [0.717, 1.165) is 24.9 Å². The van der Waals surface area contributed by atoms with Crippen LogP contribution in [0.4, 0.5) is 5.69 Å². The Kier molecular flexibility index (Phi) is 9.94. The van der Waals surface area contributed by atoms with Crippen molar-refractivity contribution in [3.63, 3.8) is 0 Å². The first kappa shape index (κ1) is 24.5. The lowest BCUT2D eigenvalue weighted by molar-refractivity contribution is 0.507. The maximum absolute atomic E-state index is 4.79. The number of hydrogen-bond donors (Lipinski definition) is 2. The van der Waals surface area contributed by atoms with Gasteiger partial charge in [0.05, 0.1) is 6.04 Å². The number of benzene rings is 1. The summed E-state index contributed by atoms with van der Waals surface area (Å²) in [6, 6.07) is 9.05. The number of aliphatic imine (C=N–C) groups is 1. The standard InChI is InChI=1S/C23H36N6.HI/c1-5-24-23(26-16-22-25-11-14-29(22)17-18(2)3)27-19(4)20-9-8-10-21(15-20)28-12-6-7-13-28;/h8-11,14-15,18-19H,5-7,12-13,16-17H2,1-4H3,(H2,24,26,27);1H. The Morgan fingerprint density at radius 1 is 1.20 bits per heavy atom. The highest BCUT2D eigenvalue weighted by Crippen LogP contribution is 2.24. The SMILES string of the molecule is CCNC(=NCc1nccn1CC(C)C)NC(C)c1cccc(N2CCCC2)c1.I. The van der Waals surface area contributed by atoms with Gasteiger partial charge in [0, 0.05) is 44.3 Å². The molecule has 2 heterocycles. The summed E-state index contributed by atoms with van der Waals surface area (Å²) in [5.74, 6) is 2.41. The summed E-state index contributed by atoms with van der Waals surface area (Å²) < 4.78 is 2.20. The number of hydrogen-bond acceptors (Lipinski definition) is 3. The van der Waals surface area contributed by atoms with E-state index in [2.05, 4.69) is 77.0 Å². The zero-order valence-electron chi connectivity index (χ0n) is 18.8. The van der Waals surface area contributed by atoms with E-state index in [9.17, 15) is 0 Å². The topological polar surface area (TPSA) is 57.5 Å². The Labute approximate surface area is 198 Å². The van der Waals surface area contributed by atoms with Gasteiger partial charge in [-0.05, 0) is 50.3 Å². The molecule has 1 aliphatic heterocycles. The number of nitrogens with zero attached hydrogens (tertiary/aromatic N) is 4. The van der Waals surface area contributed by atoms with E-state index in [1.807, 2.05) is 12.4 Å². The molecule has 1 atom stereocenters. The Bertz CT molecular complexity index is 794. The molecule has 1 aromatic carbocycles. The van der Waals surface area contributed by atoms with Crippen LogP contribution in [0.5, 0.6) is 0 Å². The Balaban J connectivity index is 0.00000320. The Morgan fingerprint density at radius 3 is 2.67 bits per heavy atom. The Morgan fingerprint density at radius 2 is 1.97 bits per heavy atom. The van der Waals surface area contributed by atoms with Crippen molar-refractivity contribution in [3.8, 4) is 0 Å². The van der Waals surface area contributed by atoms with Crippen molar-refractivity contribution in [1.29, 1.82) is 0 Å². The first-order chi connectivity index (χ1) is 14.1. The number of imidazole rings is 1. The number of halogens is 1. The second-order valence-corrected chi connectivity index (χ2v) is 8.24. The van der Waals surface area contributed by atoms with Crippen molar-refractivity contribution in [2.24, 2.45) is 10.9 Å². The number of aromatic nitrogens is 2. The molecule has 2 N–H and O–H groups in total. The van der Waals surface area contributed by atoms with Crippen LogP contribution in [-0.4, -0.2) is 35.1 Å². The van der Waals surface area contributed by atoms with E-state index in [0.29, 0.717) is 12.5 Å². The minimum atomic E-state index is 0. The van der Waals surface area contributed by atoms with E-state index >= 15 is 0 Å². The van der Waals surface area contributed by atoms with Gasteiger partial charge in [-0.2, -0.15) is 0 Å². The summed E-state index contributed by atoms with van der Waals surface area (Å²) >= 11 is 0. The van der Waals surface area contributed by atoms with Crippen LogP contribution in [0.15, 0.2) is 41.7 Å². The molecule has 1 aliphatic rings. The molecule has 1 aromatic heterocycles. The zero-order chi connectivity index (χ0) is 20.6. The number of rotatable bonds is 8. The van der Waals surface area contributed by atoms with Gasteiger partial charge in [-0.1, -0.05) is 26.0 Å². The average molecular weight is 524 g/mol. The third kappa shape index (κ3) is 6.89. The van der Waals surface area contributed by atoms with Gasteiger partial charge in [0.25, 0.3) is 0 Å². The molecule has 0 spiro atoms. The first-order valence-corrected chi connectivity index (χ1v) is 11.0. The fourth-order valence-electron chi connectivity index (χ4n) is 3.78. The molecule has 0 saturated carbocycles. The molecule has 1 saturated heterocycles. The van der Waals surface area contributed by atoms with Crippen molar-refractivity contribution in [2.45, 2.75) is 59.7 Å². The maximum atomic E-state index is 4.79. The highest BCUT2D eigenvalue weighted by Gasteiger charge is 2.14. The lowest BCUT2D eigenvalue weighted by atomic mass is 10.1. The highest BCUT2D eigenvalue weighted by molar-refractivity contribution is 14.0. The summed E-state index contributed by atoms with van der Waals surface area (Å²) in [7, 11) is 0. The molecule has 166 valence electrons. The average Bonchev–Trinajstić information content (AvgIpc) is 3.38. The molecule has 0 amide bonds. The van der Waals surface area contributed by atoms with Gasteiger partial charge < -0.3 is 20.1 Å². The van der Waals surface area contributed by atoms with Crippen LogP contribution in [0, 0.1) is 5.92 Å². The molecule has 1 fully saturated rings. The van der Waals surface area contributed by atoms with Crippen molar-refractivity contribution in [2.75, 3.05) is 24.5 Å². The van der Waals surface area contributed by atoms with Crippen molar-refractivity contribution in [3.05, 3.63) is 48.0 Å². The molecular formula is C23H37IN6. The summed E-state index contributed by atoms with van der Waals surface area (Å²) in [6.45, 7) is 13.4. The van der Waals surface area contributed by atoms with Gasteiger partial charge in [0.15, 0.2) is 5.96 Å². The maximum Gasteiger partial charge on any atom is 0.192 e. The molecule has 0 radical (unpaired) electrons. The molecule has 0 bridgehead atoms. The summed E-state index contributed by atoms with van der Waals surface area (Å²) in [6.07, 6.45) is 6.49. The van der Waals surface area contributed by atoms with E-state index in [1.54, 1.807) is 0 Å². The summed E-state index contributed by atoms with van der Waals surface area (Å²) in [5, 5.41) is 6.93. The largest absolute Gasteiger partial charge is 0.372 e. The second kappa shape index (κ2) is 12.2. The fourth-order valence-corrected chi connectivity index (χ4v) is 3.78. The molecule has 6 nitrogen and oxygen atoms in total. The lowest BCUT2D eigenvalue weighted by Crippen LogP contribution is -2.38. The van der Waals surface area contributed by atoms with Crippen molar-refractivity contribution in [1.82, 2.24) is 20.2 Å². The van der Waals surface area contributed by atoms with Gasteiger partial charge >= 0.3 is 0 Å². The van der Waals surface area contributed by atoms with Crippen LogP contribution in [0.25, 0.3) is 0 Å². The van der Waals surface area contributed by atoms with E-state index in [1.165, 1.54) is 37.2 Å². The molecule has 2 aromatic rings. The van der Waals surface area contributed by atoms with Crippen molar-refractivity contribution < 1.29 is 0 Å². The molecule has 7 heteroatoms. The van der Waals surface area contributed by atoms with Crippen LogP contribution in [0.2, 0.25) is 0 Å². The van der Waals surface area contributed by atoms with E-state index in [4.69, 9.17) is 4.99 Å². The molecule has 0 aliphatic carbocycles. The van der Waals surface area contributed by atoms with Gasteiger partial charge in [0.1, 0.15) is 12.4 Å². The highest BCUT2D eigenvalue weighted by atomic mass is 127. The van der Waals surface area contributed by atoms with Gasteiger partial charge in [0.2, 0.25) is 0 Å². The van der Waals surface area contributed by atoms with E-state index in [-0.39, 0.29) is 30.0 Å². The normalized spacial score (nSPS) is 15.2. The smallest absolute Gasteiger partial charge is 0.192 e. The van der Waals surface area contributed by atoms with Crippen LogP contribution in [-0.2, 0) is 13.1 Å². The fraction of sp³-hybridized carbons (Fsp3) is 0.565. The predicted octanol–water partition coefficient (Wildman–Crippen LogP) is 4.57. The van der Waals surface area contributed by atoms with Gasteiger partial charge in [-0.15, -0.1) is 24.0 Å². The lowest BCUT2D eigenvalue weighted by Gasteiger charge is -2.22. The third-order valence-electron chi connectivity index (χ3n) is 5.28. The quantitative estimate of drug-likeness (QED) is 0.302. The molecular weight excluding hydrogens is 487 g/mol. The molecule has 1 unspecified atom stereocenters.